The van der Waals surface area contributed by atoms with Gasteiger partial charge in [0.15, 0.2) is 0 Å². The summed E-state index contributed by atoms with van der Waals surface area (Å²) < 4.78 is 28.5. The smallest absolute Gasteiger partial charge is 0.244 e. The number of hydrogen-bond donors (Lipinski definition) is 1. The Balaban J connectivity index is 1.44. The third-order valence-corrected chi connectivity index (χ3v) is 7.35. The molecule has 0 atom stereocenters. The van der Waals surface area contributed by atoms with E-state index in [0.717, 1.165) is 11.4 Å². The average molecular weight is 460 g/mol. The van der Waals surface area contributed by atoms with Crippen LogP contribution in [-0.2, 0) is 14.8 Å². The number of benzene rings is 1. The molecule has 0 radical (unpaired) electrons. The molecular weight excluding hydrogens is 438 g/mol. The molecule has 0 aliphatic carbocycles. The maximum atomic E-state index is 12.9. The Morgan fingerprint density at radius 2 is 1.94 bits per heavy atom. The second kappa shape index (κ2) is 8.78. The molecule has 4 rings (SSSR count). The van der Waals surface area contributed by atoms with Crippen LogP contribution in [0.1, 0.15) is 18.5 Å². The molecule has 3 aromatic rings. The summed E-state index contributed by atoms with van der Waals surface area (Å²) in [6.07, 6.45) is 3.75. The van der Waals surface area contributed by atoms with E-state index < -0.39 is 10.0 Å². The van der Waals surface area contributed by atoms with Crippen LogP contribution in [0.4, 0.5) is 5.82 Å². The molecule has 1 aliphatic rings. The number of nitrogens with zero attached hydrogens (tertiary/aromatic N) is 4. The van der Waals surface area contributed by atoms with Gasteiger partial charge in [0.1, 0.15) is 10.7 Å². The third-order valence-electron chi connectivity index (χ3n) is 5.23. The van der Waals surface area contributed by atoms with Crippen molar-refractivity contribution in [1.82, 2.24) is 19.1 Å². The molecule has 0 unspecified atom stereocenters. The van der Waals surface area contributed by atoms with Gasteiger partial charge in [-0.05, 0) is 50.1 Å². The first kappa shape index (κ1) is 21.5. The summed E-state index contributed by atoms with van der Waals surface area (Å²) in [6.45, 7) is 2.41. The summed E-state index contributed by atoms with van der Waals surface area (Å²) in [6, 6.07) is 12.1. The number of amides is 1. The molecule has 0 spiro atoms. The molecule has 162 valence electrons. The highest BCUT2D eigenvalue weighted by molar-refractivity contribution is 7.89. The molecule has 0 saturated carbocycles. The SMILES string of the molecule is Cc1cc(NC(=O)C2CCN(S(=O)(=O)c3cccnc3)CC2)n(-c2cccc(Cl)c2)n1. The van der Waals surface area contributed by atoms with Crippen LogP contribution in [0.2, 0.25) is 5.02 Å². The molecule has 1 aromatic carbocycles. The lowest BCUT2D eigenvalue weighted by molar-refractivity contribution is -0.120. The molecule has 1 amide bonds. The zero-order valence-corrected chi connectivity index (χ0v) is 18.5. The van der Waals surface area contributed by atoms with Gasteiger partial charge in [0, 0.05) is 42.5 Å². The number of aromatic nitrogens is 3. The Hall–Kier alpha value is -2.75. The second-order valence-electron chi connectivity index (χ2n) is 7.42. The fraction of sp³-hybridized carbons (Fsp3) is 0.286. The van der Waals surface area contributed by atoms with Crippen molar-refractivity contribution in [2.75, 3.05) is 18.4 Å². The zero-order valence-electron chi connectivity index (χ0n) is 16.9. The fourth-order valence-corrected chi connectivity index (χ4v) is 5.25. The van der Waals surface area contributed by atoms with Crippen LogP contribution in [0.3, 0.4) is 0 Å². The van der Waals surface area contributed by atoms with Crippen LogP contribution in [0, 0.1) is 12.8 Å². The zero-order chi connectivity index (χ0) is 22.0. The van der Waals surface area contributed by atoms with E-state index in [1.54, 1.807) is 28.9 Å². The molecule has 1 fully saturated rings. The van der Waals surface area contributed by atoms with Crippen molar-refractivity contribution in [2.24, 2.45) is 5.92 Å². The lowest BCUT2D eigenvalue weighted by Gasteiger charge is -2.30. The highest BCUT2D eigenvalue weighted by Gasteiger charge is 2.32. The minimum atomic E-state index is -3.60. The van der Waals surface area contributed by atoms with E-state index in [4.69, 9.17) is 11.6 Å². The van der Waals surface area contributed by atoms with Crippen LogP contribution in [0.5, 0.6) is 0 Å². The van der Waals surface area contributed by atoms with Crippen LogP contribution in [0.25, 0.3) is 5.69 Å². The summed E-state index contributed by atoms with van der Waals surface area (Å²) in [5.41, 5.74) is 1.50. The largest absolute Gasteiger partial charge is 0.310 e. The van der Waals surface area contributed by atoms with Crippen molar-refractivity contribution in [3.63, 3.8) is 0 Å². The van der Waals surface area contributed by atoms with Crippen LogP contribution < -0.4 is 5.32 Å². The maximum absolute atomic E-state index is 12.9. The fourth-order valence-electron chi connectivity index (χ4n) is 3.63. The number of sulfonamides is 1. The minimum Gasteiger partial charge on any atom is -0.310 e. The van der Waals surface area contributed by atoms with Gasteiger partial charge in [-0.15, -0.1) is 0 Å². The van der Waals surface area contributed by atoms with Crippen LogP contribution >= 0.6 is 11.6 Å². The van der Waals surface area contributed by atoms with Crippen molar-refractivity contribution in [3.05, 3.63) is 65.6 Å². The van der Waals surface area contributed by atoms with Gasteiger partial charge in [-0.1, -0.05) is 17.7 Å². The number of pyridine rings is 1. The molecule has 0 bridgehead atoms. The van der Waals surface area contributed by atoms with E-state index in [9.17, 15) is 13.2 Å². The normalized spacial score (nSPS) is 15.7. The number of hydrogen-bond acceptors (Lipinski definition) is 5. The monoisotopic (exact) mass is 459 g/mol. The van der Waals surface area contributed by atoms with Gasteiger partial charge in [-0.25, -0.2) is 13.1 Å². The first-order chi connectivity index (χ1) is 14.8. The lowest BCUT2D eigenvalue weighted by Crippen LogP contribution is -2.41. The summed E-state index contributed by atoms with van der Waals surface area (Å²) >= 11 is 6.09. The molecular formula is C21H22ClN5O3S. The van der Waals surface area contributed by atoms with E-state index in [1.165, 1.54) is 22.8 Å². The van der Waals surface area contributed by atoms with Crippen molar-refractivity contribution >= 4 is 33.3 Å². The topological polar surface area (TPSA) is 97.2 Å². The number of carbonyl (C=O) groups is 1. The van der Waals surface area contributed by atoms with Crippen molar-refractivity contribution in [1.29, 1.82) is 0 Å². The van der Waals surface area contributed by atoms with E-state index in [-0.39, 0.29) is 29.8 Å². The summed E-state index contributed by atoms with van der Waals surface area (Å²) in [4.78, 5) is 17.0. The summed E-state index contributed by atoms with van der Waals surface area (Å²) in [5.74, 6) is 0.111. The number of anilines is 1. The highest BCUT2D eigenvalue weighted by atomic mass is 35.5. The standard InChI is InChI=1S/C21H22ClN5O3S/c1-15-12-20(27(25-15)18-5-2-4-17(22)13-18)24-21(28)16-7-10-26(11-8-16)31(29,30)19-6-3-9-23-14-19/h2-6,9,12-14,16H,7-8,10-11H2,1H3,(H,24,28). The molecule has 3 heterocycles. The predicted molar refractivity (Wildman–Crippen MR) is 118 cm³/mol. The molecule has 1 aliphatic heterocycles. The van der Waals surface area contributed by atoms with Gasteiger partial charge < -0.3 is 5.32 Å². The Labute approximate surface area is 185 Å². The first-order valence-electron chi connectivity index (χ1n) is 9.88. The Morgan fingerprint density at radius 1 is 1.16 bits per heavy atom. The van der Waals surface area contributed by atoms with Gasteiger partial charge >= 0.3 is 0 Å². The minimum absolute atomic E-state index is 0.151. The Bertz CT molecular complexity index is 1190. The van der Waals surface area contributed by atoms with Crippen LogP contribution in [-0.4, -0.2) is 46.5 Å². The van der Waals surface area contributed by atoms with E-state index in [2.05, 4.69) is 15.4 Å². The van der Waals surface area contributed by atoms with Crippen LogP contribution in [0.15, 0.2) is 59.8 Å². The van der Waals surface area contributed by atoms with E-state index in [1.807, 2.05) is 19.1 Å². The quantitative estimate of drug-likeness (QED) is 0.631. The number of nitrogens with one attached hydrogen (secondary N) is 1. The van der Waals surface area contributed by atoms with Gasteiger partial charge in [-0.3, -0.25) is 9.78 Å². The number of piperidine rings is 1. The summed E-state index contributed by atoms with van der Waals surface area (Å²) in [7, 11) is -3.60. The van der Waals surface area contributed by atoms with Gasteiger partial charge in [0.05, 0.1) is 11.4 Å². The second-order valence-corrected chi connectivity index (χ2v) is 9.79. The average Bonchev–Trinajstić information content (AvgIpc) is 3.14. The van der Waals surface area contributed by atoms with Gasteiger partial charge in [0.2, 0.25) is 15.9 Å². The highest BCUT2D eigenvalue weighted by Crippen LogP contribution is 2.26. The third kappa shape index (κ3) is 4.63. The Kier molecular flexibility index (Phi) is 6.08. The van der Waals surface area contributed by atoms with Gasteiger partial charge in [-0.2, -0.15) is 9.40 Å². The van der Waals surface area contributed by atoms with Gasteiger partial charge in [0.25, 0.3) is 0 Å². The lowest BCUT2D eigenvalue weighted by atomic mass is 9.97. The van der Waals surface area contributed by atoms with Crippen molar-refractivity contribution in [2.45, 2.75) is 24.7 Å². The predicted octanol–water partition coefficient (Wildman–Crippen LogP) is 3.27. The maximum Gasteiger partial charge on any atom is 0.244 e. The molecule has 2 aromatic heterocycles. The number of rotatable bonds is 5. The van der Waals surface area contributed by atoms with E-state index >= 15 is 0 Å². The summed E-state index contributed by atoms with van der Waals surface area (Å²) in [5, 5.41) is 7.97. The molecule has 8 nitrogen and oxygen atoms in total. The molecule has 10 heteroatoms. The molecule has 31 heavy (non-hydrogen) atoms. The Morgan fingerprint density at radius 3 is 2.61 bits per heavy atom. The number of aryl methyl sites for hydroxylation is 1. The first-order valence-corrected chi connectivity index (χ1v) is 11.7. The molecule has 1 N–H and O–H groups in total. The number of halogens is 1. The molecule has 1 saturated heterocycles. The van der Waals surface area contributed by atoms with E-state index in [0.29, 0.717) is 23.7 Å². The number of carbonyl (C=O) groups excluding carboxylic acids is 1. The van der Waals surface area contributed by atoms with Crippen molar-refractivity contribution < 1.29 is 13.2 Å². The van der Waals surface area contributed by atoms with Crippen molar-refractivity contribution in [3.8, 4) is 5.69 Å².